The van der Waals surface area contributed by atoms with Gasteiger partial charge in [-0.05, 0) is 44.8 Å². The number of aliphatic imine (C=N–C) groups is 1. The number of likely N-dealkylation sites (tertiary alicyclic amines) is 1. The molecule has 1 aliphatic heterocycles. The molecule has 1 N–H and O–H groups in total. The van der Waals surface area contributed by atoms with Gasteiger partial charge < -0.3 is 15.1 Å². The van der Waals surface area contributed by atoms with Crippen molar-refractivity contribution in [3.63, 3.8) is 0 Å². The summed E-state index contributed by atoms with van der Waals surface area (Å²) in [5.41, 5.74) is 1.45. The van der Waals surface area contributed by atoms with Crippen LogP contribution in [0, 0.1) is 5.92 Å². The minimum Gasteiger partial charge on any atom is -0.355 e. The van der Waals surface area contributed by atoms with Crippen molar-refractivity contribution < 1.29 is 0 Å². The molecule has 4 heteroatoms. The zero-order valence-corrected chi connectivity index (χ0v) is 14.7. The van der Waals surface area contributed by atoms with Crippen molar-refractivity contribution in [1.29, 1.82) is 0 Å². The molecule has 1 aromatic rings. The molecule has 4 nitrogen and oxygen atoms in total. The number of likely N-dealkylation sites (N-methyl/N-ethyl adjacent to an activating group) is 1. The van der Waals surface area contributed by atoms with E-state index in [1.807, 2.05) is 7.05 Å². The van der Waals surface area contributed by atoms with E-state index in [2.05, 4.69) is 64.5 Å². The Labute approximate surface area is 140 Å². The Balaban J connectivity index is 1.55. The van der Waals surface area contributed by atoms with Gasteiger partial charge in [0.1, 0.15) is 0 Å². The molecule has 2 fully saturated rings. The normalized spacial score (nSPS) is 23.4. The lowest BCUT2D eigenvalue weighted by Crippen LogP contribution is -2.47. The van der Waals surface area contributed by atoms with Crippen LogP contribution >= 0.6 is 0 Å². The molecule has 1 saturated heterocycles. The highest BCUT2D eigenvalue weighted by molar-refractivity contribution is 5.80. The van der Waals surface area contributed by atoms with Gasteiger partial charge in [0.2, 0.25) is 0 Å². The van der Waals surface area contributed by atoms with E-state index in [9.17, 15) is 0 Å². The topological polar surface area (TPSA) is 30.9 Å². The van der Waals surface area contributed by atoms with Crippen LogP contribution in [0.4, 0.5) is 0 Å². The van der Waals surface area contributed by atoms with Crippen LogP contribution in [-0.2, 0) is 0 Å². The smallest absolute Gasteiger partial charge is 0.193 e. The van der Waals surface area contributed by atoms with Crippen LogP contribution in [0.15, 0.2) is 35.3 Å². The molecule has 126 valence electrons. The molecule has 0 aromatic heterocycles. The van der Waals surface area contributed by atoms with E-state index in [0.717, 1.165) is 31.5 Å². The molecule has 2 unspecified atom stereocenters. The van der Waals surface area contributed by atoms with Gasteiger partial charge in [-0.15, -0.1) is 0 Å². The van der Waals surface area contributed by atoms with Crippen LogP contribution < -0.4 is 5.32 Å². The number of hydrogen-bond donors (Lipinski definition) is 1. The molecule has 2 atom stereocenters. The number of rotatable bonds is 5. The second-order valence-electron chi connectivity index (χ2n) is 7.14. The molecular weight excluding hydrogens is 284 g/mol. The second-order valence-corrected chi connectivity index (χ2v) is 7.14. The summed E-state index contributed by atoms with van der Waals surface area (Å²) in [4.78, 5) is 9.29. The maximum Gasteiger partial charge on any atom is 0.193 e. The van der Waals surface area contributed by atoms with Crippen molar-refractivity contribution in [3.05, 3.63) is 35.9 Å². The maximum atomic E-state index is 4.52. The average Bonchev–Trinajstić information content (AvgIpc) is 3.28. The van der Waals surface area contributed by atoms with Crippen molar-refractivity contribution in [2.75, 3.05) is 40.8 Å². The molecule has 0 amide bonds. The zero-order valence-electron chi connectivity index (χ0n) is 14.7. The maximum absolute atomic E-state index is 4.52. The summed E-state index contributed by atoms with van der Waals surface area (Å²) in [5, 5.41) is 3.62. The minimum absolute atomic E-state index is 0.624. The van der Waals surface area contributed by atoms with Gasteiger partial charge in [0, 0.05) is 38.6 Å². The van der Waals surface area contributed by atoms with E-state index < -0.39 is 0 Å². The monoisotopic (exact) mass is 314 g/mol. The predicted molar refractivity (Wildman–Crippen MR) is 96.9 cm³/mol. The van der Waals surface area contributed by atoms with Gasteiger partial charge in [-0.25, -0.2) is 0 Å². The molecule has 0 spiro atoms. The second kappa shape index (κ2) is 7.35. The number of guanidine groups is 1. The molecule has 1 saturated carbocycles. The van der Waals surface area contributed by atoms with Crippen LogP contribution in [0.1, 0.15) is 30.7 Å². The Bertz CT molecular complexity index is 519. The largest absolute Gasteiger partial charge is 0.355 e. The van der Waals surface area contributed by atoms with E-state index in [1.54, 1.807) is 0 Å². The van der Waals surface area contributed by atoms with Crippen LogP contribution in [0.2, 0.25) is 0 Å². The summed E-state index contributed by atoms with van der Waals surface area (Å²) in [6.45, 7) is 3.16. The summed E-state index contributed by atoms with van der Waals surface area (Å²) in [6, 6.07) is 11.5. The fraction of sp³-hybridized carbons (Fsp3) is 0.632. The Hall–Kier alpha value is -1.55. The minimum atomic E-state index is 0.624. The molecule has 0 bridgehead atoms. The number of nitrogens with zero attached hydrogens (tertiary/aromatic N) is 3. The highest BCUT2D eigenvalue weighted by Gasteiger charge is 2.33. The Morgan fingerprint density at radius 2 is 2.00 bits per heavy atom. The number of hydrogen-bond acceptors (Lipinski definition) is 2. The Morgan fingerprint density at radius 1 is 1.26 bits per heavy atom. The van der Waals surface area contributed by atoms with Crippen LogP contribution in [-0.4, -0.2) is 62.6 Å². The lowest BCUT2D eigenvalue weighted by molar-refractivity contribution is 0.262. The first-order valence-corrected chi connectivity index (χ1v) is 8.86. The predicted octanol–water partition coefficient (Wildman–Crippen LogP) is 2.39. The molecule has 0 radical (unpaired) electrons. The summed E-state index contributed by atoms with van der Waals surface area (Å²) in [5.74, 6) is 2.56. The van der Waals surface area contributed by atoms with E-state index in [0.29, 0.717) is 12.0 Å². The first-order valence-electron chi connectivity index (χ1n) is 8.86. The molecule has 1 aliphatic carbocycles. The Morgan fingerprint density at radius 3 is 2.61 bits per heavy atom. The lowest BCUT2D eigenvalue weighted by Gasteiger charge is -2.28. The first-order chi connectivity index (χ1) is 11.2. The van der Waals surface area contributed by atoms with Gasteiger partial charge in [0.15, 0.2) is 5.96 Å². The molecular formula is C19H30N4. The number of nitrogens with one attached hydrogen (secondary N) is 1. The van der Waals surface area contributed by atoms with Crippen LogP contribution in [0.5, 0.6) is 0 Å². The third-order valence-electron chi connectivity index (χ3n) is 5.27. The van der Waals surface area contributed by atoms with Crippen molar-refractivity contribution in [2.24, 2.45) is 10.9 Å². The van der Waals surface area contributed by atoms with Gasteiger partial charge in [0.25, 0.3) is 0 Å². The highest BCUT2D eigenvalue weighted by Crippen LogP contribution is 2.34. The average molecular weight is 314 g/mol. The summed E-state index contributed by atoms with van der Waals surface area (Å²) in [6.07, 6.45) is 3.97. The molecule has 2 aliphatic rings. The summed E-state index contributed by atoms with van der Waals surface area (Å²) in [7, 11) is 6.28. The molecule has 1 aromatic carbocycles. The zero-order chi connectivity index (χ0) is 16.2. The first kappa shape index (κ1) is 16.3. The van der Waals surface area contributed by atoms with E-state index >= 15 is 0 Å². The van der Waals surface area contributed by atoms with E-state index in [4.69, 9.17) is 0 Å². The fourth-order valence-electron chi connectivity index (χ4n) is 3.73. The summed E-state index contributed by atoms with van der Waals surface area (Å²) < 4.78 is 0. The number of benzene rings is 1. The molecule has 1 heterocycles. The summed E-state index contributed by atoms with van der Waals surface area (Å²) >= 11 is 0. The van der Waals surface area contributed by atoms with Crippen molar-refractivity contribution in [3.8, 4) is 0 Å². The highest BCUT2D eigenvalue weighted by atomic mass is 15.3. The molecule has 23 heavy (non-hydrogen) atoms. The lowest BCUT2D eigenvalue weighted by atomic mass is 9.99. The quantitative estimate of drug-likeness (QED) is 0.669. The van der Waals surface area contributed by atoms with E-state index in [1.165, 1.54) is 24.8 Å². The standard InChI is InChI=1S/C19H30N4/c1-20-19(21-13-18(22(2)3)16-9-10-16)23-12-11-17(14-23)15-7-5-4-6-8-15/h4-8,16-18H,9-14H2,1-3H3,(H,20,21). The van der Waals surface area contributed by atoms with Crippen LogP contribution in [0.3, 0.4) is 0 Å². The third-order valence-corrected chi connectivity index (χ3v) is 5.27. The van der Waals surface area contributed by atoms with Gasteiger partial charge in [-0.3, -0.25) is 4.99 Å². The molecule has 3 rings (SSSR count). The van der Waals surface area contributed by atoms with Gasteiger partial charge in [-0.1, -0.05) is 30.3 Å². The van der Waals surface area contributed by atoms with Gasteiger partial charge in [-0.2, -0.15) is 0 Å². The SMILES string of the molecule is CN=C(NCC(C1CC1)N(C)C)N1CCC(c2ccccc2)C1. The van der Waals surface area contributed by atoms with Crippen molar-refractivity contribution in [2.45, 2.75) is 31.2 Å². The third kappa shape index (κ3) is 4.05. The fourth-order valence-corrected chi connectivity index (χ4v) is 3.73. The van der Waals surface area contributed by atoms with Crippen molar-refractivity contribution in [1.82, 2.24) is 15.1 Å². The van der Waals surface area contributed by atoms with E-state index in [-0.39, 0.29) is 0 Å². The Kier molecular flexibility index (Phi) is 5.21. The van der Waals surface area contributed by atoms with Gasteiger partial charge >= 0.3 is 0 Å². The van der Waals surface area contributed by atoms with Crippen molar-refractivity contribution >= 4 is 5.96 Å². The van der Waals surface area contributed by atoms with Gasteiger partial charge in [0.05, 0.1) is 0 Å². The van der Waals surface area contributed by atoms with Crippen LogP contribution in [0.25, 0.3) is 0 Å².